The first kappa shape index (κ1) is 14.8. The summed E-state index contributed by atoms with van der Waals surface area (Å²) in [5, 5.41) is 9.95. The van der Waals surface area contributed by atoms with Gasteiger partial charge < -0.3 is 9.84 Å². The fourth-order valence-corrected chi connectivity index (χ4v) is 2.81. The van der Waals surface area contributed by atoms with Crippen molar-refractivity contribution in [2.45, 2.75) is 32.4 Å². The highest BCUT2D eigenvalue weighted by Gasteiger charge is 2.54. The molecule has 1 aromatic carbocycles. The van der Waals surface area contributed by atoms with Crippen molar-refractivity contribution in [1.29, 1.82) is 0 Å². The van der Waals surface area contributed by atoms with E-state index >= 15 is 0 Å². The Hall–Kier alpha value is -1.59. The van der Waals surface area contributed by atoms with Gasteiger partial charge in [0, 0.05) is 17.9 Å². The monoisotopic (exact) mass is 298 g/mol. The lowest BCUT2D eigenvalue weighted by Gasteiger charge is -2.27. The molecular weight excluding hydrogens is 282 g/mol. The zero-order valence-corrected chi connectivity index (χ0v) is 12.0. The van der Waals surface area contributed by atoms with Gasteiger partial charge in [-0.3, -0.25) is 0 Å². The Morgan fingerprint density at radius 1 is 1.50 bits per heavy atom. The highest BCUT2D eigenvalue weighted by atomic mass is 35.5. The largest absolute Gasteiger partial charge is 0.527 e. The van der Waals surface area contributed by atoms with Gasteiger partial charge in [-0.1, -0.05) is 23.7 Å². The van der Waals surface area contributed by atoms with E-state index in [2.05, 4.69) is 0 Å². The molecule has 0 aliphatic carbocycles. The van der Waals surface area contributed by atoms with Gasteiger partial charge in [-0.2, -0.15) is 9.59 Å². The maximum absolute atomic E-state index is 12.2. The lowest BCUT2D eigenvalue weighted by Crippen LogP contribution is -2.58. The van der Waals surface area contributed by atoms with Crippen molar-refractivity contribution in [3.63, 3.8) is 0 Å². The Balaban J connectivity index is 2.09. The predicted molar refractivity (Wildman–Crippen MR) is 73.5 cm³/mol. The average molecular weight is 299 g/mol. The van der Waals surface area contributed by atoms with E-state index in [1.165, 1.54) is 0 Å². The number of halogens is 1. The fourth-order valence-electron chi connectivity index (χ4n) is 2.60. The summed E-state index contributed by atoms with van der Waals surface area (Å²) < 4.78 is 4.56. The third kappa shape index (κ3) is 2.64. The molecule has 1 aliphatic heterocycles. The molecule has 6 heteroatoms. The van der Waals surface area contributed by atoms with Gasteiger partial charge in [0.05, 0.1) is 0 Å². The molecule has 1 heterocycles. The van der Waals surface area contributed by atoms with Crippen molar-refractivity contribution in [3.8, 4) is 0 Å². The maximum Gasteiger partial charge on any atom is 0.527 e. The zero-order chi connectivity index (χ0) is 14.8. The van der Waals surface area contributed by atoms with Crippen LogP contribution in [-0.4, -0.2) is 34.4 Å². The average Bonchev–Trinajstić information content (AvgIpc) is 2.79. The van der Waals surface area contributed by atoms with E-state index in [9.17, 15) is 14.7 Å². The van der Waals surface area contributed by atoms with Crippen molar-refractivity contribution in [2.24, 2.45) is 0 Å². The van der Waals surface area contributed by atoms with E-state index in [0.29, 0.717) is 17.9 Å². The standard InChI is InChI=1S/C14H16ClNO4/c1-10-4-3-7-16(10,13(17)18)14(19)20-9-11-5-2-6-12(15)8-11/h2,5-6,8,10H,3-4,7,9H2,1H3/p+1/t10-,16?/m1/s1. The van der Waals surface area contributed by atoms with Gasteiger partial charge in [-0.05, 0) is 24.6 Å². The first-order valence-corrected chi connectivity index (χ1v) is 6.87. The summed E-state index contributed by atoms with van der Waals surface area (Å²) in [6.07, 6.45) is -0.438. The molecule has 0 spiro atoms. The number of likely N-dealkylation sites (tertiary alicyclic amines) is 1. The van der Waals surface area contributed by atoms with Crippen LogP contribution in [-0.2, 0) is 11.3 Å². The summed E-state index contributed by atoms with van der Waals surface area (Å²) in [6.45, 7) is 2.08. The van der Waals surface area contributed by atoms with E-state index in [1.807, 2.05) is 0 Å². The summed E-state index contributed by atoms with van der Waals surface area (Å²) >= 11 is 5.85. The van der Waals surface area contributed by atoms with E-state index in [-0.39, 0.29) is 19.2 Å². The number of benzene rings is 1. The molecule has 0 aromatic heterocycles. The van der Waals surface area contributed by atoms with Gasteiger partial charge in [-0.25, -0.2) is 0 Å². The van der Waals surface area contributed by atoms with Gasteiger partial charge in [0.25, 0.3) is 0 Å². The normalized spacial score (nSPS) is 25.4. The van der Waals surface area contributed by atoms with Crippen molar-refractivity contribution in [3.05, 3.63) is 34.9 Å². The molecule has 1 aromatic rings. The lowest BCUT2D eigenvalue weighted by molar-refractivity contribution is -0.795. The van der Waals surface area contributed by atoms with Crippen molar-refractivity contribution in [1.82, 2.24) is 0 Å². The van der Waals surface area contributed by atoms with Gasteiger partial charge >= 0.3 is 12.2 Å². The molecule has 0 radical (unpaired) electrons. The van der Waals surface area contributed by atoms with Crippen molar-refractivity contribution < 1.29 is 23.9 Å². The molecule has 5 nitrogen and oxygen atoms in total. The van der Waals surface area contributed by atoms with Gasteiger partial charge in [0.2, 0.25) is 0 Å². The molecule has 2 atom stereocenters. The molecule has 1 N–H and O–H groups in total. The number of hydrogen-bond acceptors (Lipinski definition) is 3. The molecule has 2 rings (SSSR count). The highest BCUT2D eigenvalue weighted by molar-refractivity contribution is 6.30. The van der Waals surface area contributed by atoms with Crippen LogP contribution in [0.1, 0.15) is 25.3 Å². The molecule has 1 aliphatic rings. The van der Waals surface area contributed by atoms with E-state index < -0.39 is 16.7 Å². The number of quaternary nitrogens is 1. The lowest BCUT2D eigenvalue weighted by atomic mass is 10.2. The molecule has 20 heavy (non-hydrogen) atoms. The molecule has 2 amide bonds. The number of hydrogen-bond donors (Lipinski definition) is 1. The van der Waals surface area contributed by atoms with Crippen LogP contribution in [0.5, 0.6) is 0 Å². The number of nitrogens with zero attached hydrogens (tertiary/aromatic N) is 1. The van der Waals surface area contributed by atoms with Gasteiger partial charge in [0.15, 0.2) is 0 Å². The van der Waals surface area contributed by atoms with Crippen LogP contribution >= 0.6 is 11.6 Å². The van der Waals surface area contributed by atoms with Gasteiger partial charge in [-0.15, -0.1) is 4.48 Å². The van der Waals surface area contributed by atoms with Crippen LogP contribution in [0.15, 0.2) is 24.3 Å². The first-order chi connectivity index (χ1) is 9.46. The van der Waals surface area contributed by atoms with Crippen LogP contribution in [0, 0.1) is 0 Å². The van der Waals surface area contributed by atoms with Crippen LogP contribution in [0.4, 0.5) is 9.59 Å². The molecule has 0 saturated carbocycles. The summed E-state index contributed by atoms with van der Waals surface area (Å²) in [4.78, 5) is 23.7. The maximum atomic E-state index is 12.2. The second-order valence-corrected chi connectivity index (χ2v) is 5.49. The van der Waals surface area contributed by atoms with Crippen molar-refractivity contribution >= 4 is 23.8 Å². The highest BCUT2D eigenvalue weighted by Crippen LogP contribution is 2.29. The summed E-state index contributed by atoms with van der Waals surface area (Å²) in [6, 6.07) is 6.68. The minimum atomic E-state index is -1.15. The number of rotatable bonds is 2. The van der Waals surface area contributed by atoms with Crippen molar-refractivity contribution in [2.75, 3.05) is 6.54 Å². The Labute approximate surface area is 122 Å². The van der Waals surface area contributed by atoms with Gasteiger partial charge in [0.1, 0.15) is 19.2 Å². The number of carbonyl (C=O) groups excluding carboxylic acids is 1. The van der Waals surface area contributed by atoms with E-state index in [4.69, 9.17) is 16.3 Å². The molecular formula is C14H17ClNO4+. The first-order valence-electron chi connectivity index (χ1n) is 6.50. The predicted octanol–water partition coefficient (Wildman–Crippen LogP) is 3.65. The molecule has 0 bridgehead atoms. The zero-order valence-electron chi connectivity index (χ0n) is 11.2. The fraction of sp³-hybridized carbons (Fsp3) is 0.429. The minimum absolute atomic E-state index is 0.0272. The van der Waals surface area contributed by atoms with E-state index in [1.54, 1.807) is 31.2 Å². The summed E-state index contributed by atoms with van der Waals surface area (Å²) in [5.74, 6) is 0. The Kier molecular flexibility index (Phi) is 4.30. The number of carboxylic acid groups (broad SMARTS) is 1. The topological polar surface area (TPSA) is 63.6 Å². The minimum Gasteiger partial charge on any atom is -0.435 e. The molecule has 1 fully saturated rings. The van der Waals surface area contributed by atoms with E-state index in [0.717, 1.165) is 5.56 Å². The summed E-state index contributed by atoms with van der Waals surface area (Å²) in [5.41, 5.74) is 0.737. The second-order valence-electron chi connectivity index (χ2n) is 5.05. The molecule has 1 saturated heterocycles. The smallest absolute Gasteiger partial charge is 0.435 e. The molecule has 108 valence electrons. The molecule has 1 unspecified atom stereocenters. The van der Waals surface area contributed by atoms with Crippen LogP contribution in [0.3, 0.4) is 0 Å². The Bertz CT molecular complexity index is 534. The SMILES string of the molecule is C[C@@H]1CCC[N+]1(C(=O)O)C(=O)OCc1cccc(Cl)c1. The number of imide groups is 1. The summed E-state index contributed by atoms with van der Waals surface area (Å²) in [7, 11) is 0. The van der Waals surface area contributed by atoms with Crippen LogP contribution in [0.2, 0.25) is 5.02 Å². The number of amides is 2. The quantitative estimate of drug-likeness (QED) is 0.846. The third-order valence-electron chi connectivity index (χ3n) is 3.80. The van der Waals surface area contributed by atoms with Crippen LogP contribution < -0.4 is 0 Å². The van der Waals surface area contributed by atoms with Crippen LogP contribution in [0.25, 0.3) is 0 Å². The number of carbonyl (C=O) groups is 2. The Morgan fingerprint density at radius 2 is 2.25 bits per heavy atom. The second kappa shape index (κ2) is 5.81. The number of ether oxygens (including phenoxy) is 1. The third-order valence-corrected chi connectivity index (χ3v) is 4.04. The Morgan fingerprint density at radius 3 is 2.80 bits per heavy atom.